The van der Waals surface area contributed by atoms with Crippen molar-refractivity contribution in [2.24, 2.45) is 5.73 Å². The lowest BCUT2D eigenvalue weighted by Gasteiger charge is -2.12. The second kappa shape index (κ2) is 5.70. The van der Waals surface area contributed by atoms with E-state index in [1.165, 1.54) is 0 Å². The lowest BCUT2D eigenvalue weighted by molar-refractivity contribution is 0.560. The molecule has 1 heterocycles. The number of aromatic nitrogens is 3. The number of hydrogen-bond acceptors (Lipinski definition) is 4. The summed E-state index contributed by atoms with van der Waals surface area (Å²) < 4.78 is 2.05. The van der Waals surface area contributed by atoms with Crippen LogP contribution in [-0.4, -0.2) is 21.3 Å². The highest BCUT2D eigenvalue weighted by Crippen LogP contribution is 2.17. The second-order valence-corrected chi connectivity index (χ2v) is 3.55. The number of rotatable bonds is 6. The summed E-state index contributed by atoms with van der Waals surface area (Å²) in [7, 11) is 0. The first-order valence-corrected chi connectivity index (χ1v) is 5.67. The van der Waals surface area contributed by atoms with E-state index in [0.29, 0.717) is 0 Å². The third-order valence-corrected chi connectivity index (χ3v) is 2.36. The maximum absolute atomic E-state index is 6.04. The first-order chi connectivity index (χ1) is 7.24. The zero-order chi connectivity index (χ0) is 11.3. The summed E-state index contributed by atoms with van der Waals surface area (Å²) in [6.07, 6.45) is 2.01. The van der Waals surface area contributed by atoms with E-state index in [2.05, 4.69) is 29.4 Å². The molecular formula is C10H21N5. The molecule has 86 valence electrons. The fourth-order valence-corrected chi connectivity index (χ4v) is 1.63. The molecule has 0 saturated heterocycles. The predicted octanol–water partition coefficient (Wildman–Crippen LogP) is 1.53. The normalized spacial score (nSPS) is 12.8. The standard InChI is InChI=1S/C10H21N5/c1-4-7-8(11)9-13-14-10(12-5-2)15(9)6-3/h8H,4-7,11H2,1-3H3,(H,12,14)/t8-/m0/s1. The van der Waals surface area contributed by atoms with Gasteiger partial charge in [0.2, 0.25) is 5.95 Å². The Kier molecular flexibility index (Phi) is 4.55. The molecule has 1 atom stereocenters. The maximum Gasteiger partial charge on any atom is 0.224 e. The Morgan fingerprint density at radius 1 is 1.33 bits per heavy atom. The quantitative estimate of drug-likeness (QED) is 0.748. The molecule has 0 saturated carbocycles. The van der Waals surface area contributed by atoms with Crippen LogP contribution in [0.15, 0.2) is 0 Å². The van der Waals surface area contributed by atoms with Gasteiger partial charge in [-0.15, -0.1) is 10.2 Å². The topological polar surface area (TPSA) is 68.8 Å². The number of nitrogens with two attached hydrogens (primary N) is 1. The van der Waals surface area contributed by atoms with E-state index in [-0.39, 0.29) is 6.04 Å². The summed E-state index contributed by atoms with van der Waals surface area (Å²) in [4.78, 5) is 0. The fourth-order valence-electron chi connectivity index (χ4n) is 1.63. The van der Waals surface area contributed by atoms with Crippen molar-refractivity contribution >= 4 is 5.95 Å². The van der Waals surface area contributed by atoms with E-state index in [4.69, 9.17) is 5.73 Å². The Bertz CT molecular complexity index is 294. The minimum absolute atomic E-state index is 0.00476. The molecule has 5 nitrogen and oxygen atoms in total. The maximum atomic E-state index is 6.04. The van der Waals surface area contributed by atoms with Crippen molar-refractivity contribution in [3.63, 3.8) is 0 Å². The molecule has 0 bridgehead atoms. The van der Waals surface area contributed by atoms with Gasteiger partial charge in [0.05, 0.1) is 6.04 Å². The van der Waals surface area contributed by atoms with E-state index < -0.39 is 0 Å². The molecule has 1 aromatic rings. The first-order valence-electron chi connectivity index (χ1n) is 5.67. The van der Waals surface area contributed by atoms with E-state index in [1.54, 1.807) is 0 Å². The van der Waals surface area contributed by atoms with Crippen LogP contribution in [0.5, 0.6) is 0 Å². The molecule has 0 aromatic carbocycles. The number of nitrogens with zero attached hydrogens (tertiary/aromatic N) is 3. The smallest absolute Gasteiger partial charge is 0.224 e. The van der Waals surface area contributed by atoms with Crippen LogP contribution < -0.4 is 11.1 Å². The Labute approximate surface area is 91.1 Å². The van der Waals surface area contributed by atoms with Gasteiger partial charge < -0.3 is 11.1 Å². The van der Waals surface area contributed by atoms with Gasteiger partial charge in [-0.25, -0.2) is 0 Å². The van der Waals surface area contributed by atoms with E-state index in [1.807, 2.05) is 11.5 Å². The molecule has 15 heavy (non-hydrogen) atoms. The van der Waals surface area contributed by atoms with Crippen LogP contribution in [0.25, 0.3) is 0 Å². The van der Waals surface area contributed by atoms with Crippen LogP contribution in [0.4, 0.5) is 5.95 Å². The molecule has 3 N–H and O–H groups in total. The molecule has 0 spiro atoms. The molecule has 5 heteroatoms. The molecule has 0 amide bonds. The largest absolute Gasteiger partial charge is 0.355 e. The zero-order valence-electron chi connectivity index (χ0n) is 9.82. The van der Waals surface area contributed by atoms with Gasteiger partial charge in [0.15, 0.2) is 5.82 Å². The van der Waals surface area contributed by atoms with Gasteiger partial charge in [0, 0.05) is 13.1 Å². The van der Waals surface area contributed by atoms with Gasteiger partial charge in [-0.2, -0.15) is 0 Å². The molecular weight excluding hydrogens is 190 g/mol. The van der Waals surface area contributed by atoms with Crippen LogP contribution in [-0.2, 0) is 6.54 Å². The average Bonchev–Trinajstić information content (AvgIpc) is 2.62. The Morgan fingerprint density at radius 2 is 2.07 bits per heavy atom. The summed E-state index contributed by atoms with van der Waals surface area (Å²) in [5.41, 5.74) is 6.04. The predicted molar refractivity (Wildman–Crippen MR) is 61.7 cm³/mol. The van der Waals surface area contributed by atoms with Crippen molar-refractivity contribution in [1.82, 2.24) is 14.8 Å². The van der Waals surface area contributed by atoms with Crippen LogP contribution in [0, 0.1) is 0 Å². The zero-order valence-corrected chi connectivity index (χ0v) is 9.82. The highest BCUT2D eigenvalue weighted by molar-refractivity contribution is 5.26. The third-order valence-electron chi connectivity index (χ3n) is 2.36. The minimum atomic E-state index is -0.00476. The van der Waals surface area contributed by atoms with Gasteiger partial charge in [-0.3, -0.25) is 4.57 Å². The van der Waals surface area contributed by atoms with Crippen molar-refractivity contribution in [3.05, 3.63) is 5.82 Å². The fraction of sp³-hybridized carbons (Fsp3) is 0.800. The van der Waals surface area contributed by atoms with Crippen molar-refractivity contribution in [2.45, 2.75) is 46.2 Å². The molecule has 1 aromatic heterocycles. The van der Waals surface area contributed by atoms with E-state index >= 15 is 0 Å². The van der Waals surface area contributed by atoms with Gasteiger partial charge in [-0.05, 0) is 20.3 Å². The molecule has 1 rings (SSSR count). The van der Waals surface area contributed by atoms with Crippen LogP contribution in [0.3, 0.4) is 0 Å². The summed E-state index contributed by atoms with van der Waals surface area (Å²) in [5.74, 6) is 1.71. The summed E-state index contributed by atoms with van der Waals surface area (Å²) in [6.45, 7) is 7.94. The summed E-state index contributed by atoms with van der Waals surface area (Å²) in [5, 5.41) is 11.4. The Morgan fingerprint density at radius 3 is 2.60 bits per heavy atom. The SMILES string of the molecule is CCC[C@H](N)c1nnc(NCC)n1CC. The van der Waals surface area contributed by atoms with Crippen molar-refractivity contribution in [3.8, 4) is 0 Å². The second-order valence-electron chi connectivity index (χ2n) is 3.55. The van der Waals surface area contributed by atoms with Crippen LogP contribution in [0.1, 0.15) is 45.5 Å². The van der Waals surface area contributed by atoms with Crippen LogP contribution in [0.2, 0.25) is 0 Å². The Balaban J connectivity index is 2.87. The molecule has 0 aliphatic carbocycles. The van der Waals surface area contributed by atoms with Gasteiger partial charge in [-0.1, -0.05) is 13.3 Å². The van der Waals surface area contributed by atoms with Crippen molar-refractivity contribution in [1.29, 1.82) is 0 Å². The van der Waals surface area contributed by atoms with Gasteiger partial charge in [0.25, 0.3) is 0 Å². The molecule has 0 radical (unpaired) electrons. The van der Waals surface area contributed by atoms with Gasteiger partial charge in [0.1, 0.15) is 0 Å². The van der Waals surface area contributed by atoms with Crippen molar-refractivity contribution in [2.75, 3.05) is 11.9 Å². The average molecular weight is 211 g/mol. The van der Waals surface area contributed by atoms with E-state index in [9.17, 15) is 0 Å². The number of nitrogens with one attached hydrogen (secondary N) is 1. The first kappa shape index (κ1) is 12.0. The number of hydrogen-bond donors (Lipinski definition) is 2. The van der Waals surface area contributed by atoms with Gasteiger partial charge >= 0.3 is 0 Å². The van der Waals surface area contributed by atoms with Crippen molar-refractivity contribution < 1.29 is 0 Å². The summed E-state index contributed by atoms with van der Waals surface area (Å²) in [6, 6.07) is -0.00476. The molecule has 0 unspecified atom stereocenters. The van der Waals surface area contributed by atoms with E-state index in [0.717, 1.165) is 37.7 Å². The molecule has 0 aliphatic heterocycles. The molecule has 0 aliphatic rings. The van der Waals surface area contributed by atoms with Crippen LogP contribution >= 0.6 is 0 Å². The monoisotopic (exact) mass is 211 g/mol. The third kappa shape index (κ3) is 2.68. The minimum Gasteiger partial charge on any atom is -0.355 e. The highest BCUT2D eigenvalue weighted by Gasteiger charge is 2.15. The molecule has 0 fully saturated rings. The highest BCUT2D eigenvalue weighted by atomic mass is 15.4. The summed E-state index contributed by atoms with van der Waals surface area (Å²) >= 11 is 0. The Hall–Kier alpha value is -1.10. The number of anilines is 1. The lowest BCUT2D eigenvalue weighted by atomic mass is 10.2. The lowest BCUT2D eigenvalue weighted by Crippen LogP contribution is -2.17.